The van der Waals surface area contributed by atoms with Crippen molar-refractivity contribution in [2.75, 3.05) is 6.61 Å². The minimum Gasteiger partial charge on any atom is -0.483 e. The van der Waals surface area contributed by atoms with E-state index in [9.17, 15) is 0 Å². The van der Waals surface area contributed by atoms with Crippen LogP contribution in [0.5, 0.6) is 0 Å². The van der Waals surface area contributed by atoms with E-state index < -0.39 is 0 Å². The Morgan fingerprint density at radius 1 is 0.955 bits per heavy atom. The van der Waals surface area contributed by atoms with E-state index in [1.165, 1.54) is 36.0 Å². The van der Waals surface area contributed by atoms with E-state index in [1.54, 1.807) is 0 Å². The first-order valence-corrected chi connectivity index (χ1v) is 8.98. The molecule has 0 saturated heterocycles. The van der Waals surface area contributed by atoms with Gasteiger partial charge in [0.2, 0.25) is 0 Å². The number of hydrogen-bond acceptors (Lipinski definition) is 2. The fraction of sp³-hybridized carbons (Fsp3) is 0.650. The molecule has 0 aliphatic heterocycles. The lowest BCUT2D eigenvalue weighted by molar-refractivity contribution is 0.346. The van der Waals surface area contributed by atoms with Crippen LogP contribution in [0.2, 0.25) is 0 Å². The molecule has 1 nitrogen and oxygen atoms in total. The summed E-state index contributed by atoms with van der Waals surface area (Å²) < 4.78 is 5.60. The third kappa shape index (κ3) is 10.8. The highest BCUT2D eigenvalue weighted by atomic mass is 32.1. The molecule has 0 spiro atoms. The van der Waals surface area contributed by atoms with Gasteiger partial charge >= 0.3 is 0 Å². The van der Waals surface area contributed by atoms with E-state index in [0.29, 0.717) is 6.61 Å². The third-order valence-electron chi connectivity index (χ3n) is 3.95. The molecule has 0 unspecified atom stereocenters. The minimum absolute atomic E-state index is 0.640. The van der Waals surface area contributed by atoms with Crippen molar-refractivity contribution in [3.05, 3.63) is 34.9 Å². The third-order valence-corrected chi connectivity index (χ3v) is 4.24. The maximum atomic E-state index is 5.60. The number of hydrogen-bond donors (Lipinski definition) is 0. The maximum absolute atomic E-state index is 5.60. The normalized spacial score (nSPS) is 15.6. The van der Waals surface area contributed by atoms with Crippen molar-refractivity contribution in [2.24, 2.45) is 5.92 Å². The molecule has 1 aliphatic carbocycles. The van der Waals surface area contributed by atoms with Crippen molar-refractivity contribution in [2.45, 2.75) is 72.6 Å². The van der Waals surface area contributed by atoms with E-state index in [0.717, 1.165) is 36.7 Å². The fourth-order valence-electron chi connectivity index (χ4n) is 2.23. The van der Waals surface area contributed by atoms with Gasteiger partial charge in [-0.2, -0.15) is 0 Å². The number of allylic oxidation sites excluding steroid dienone is 5. The lowest BCUT2D eigenvalue weighted by Crippen LogP contribution is -2.02. The molecule has 0 aromatic carbocycles. The summed E-state index contributed by atoms with van der Waals surface area (Å²) in [6.07, 6.45) is 15.1. The maximum Gasteiger partial charge on any atom is 0.160 e. The van der Waals surface area contributed by atoms with Crippen LogP contribution in [-0.2, 0) is 4.74 Å². The molecule has 0 heterocycles. The molecule has 0 aromatic rings. The van der Waals surface area contributed by atoms with Crippen LogP contribution in [0.4, 0.5) is 0 Å². The van der Waals surface area contributed by atoms with Gasteiger partial charge in [-0.05, 0) is 90.4 Å². The van der Waals surface area contributed by atoms with Gasteiger partial charge in [0.25, 0.3) is 0 Å². The molecule has 0 amide bonds. The Bertz CT molecular complexity index is 435. The van der Waals surface area contributed by atoms with Gasteiger partial charge in [-0.3, -0.25) is 0 Å². The molecule has 22 heavy (non-hydrogen) atoms. The average Bonchev–Trinajstić information content (AvgIpc) is 3.22. The van der Waals surface area contributed by atoms with Crippen LogP contribution in [-0.4, -0.2) is 11.7 Å². The highest BCUT2D eigenvalue weighted by molar-refractivity contribution is 7.80. The Balaban J connectivity index is 2.12. The summed E-state index contributed by atoms with van der Waals surface area (Å²) in [4.78, 5) is 0. The largest absolute Gasteiger partial charge is 0.483 e. The van der Waals surface area contributed by atoms with Gasteiger partial charge in [0, 0.05) is 6.42 Å². The fourth-order valence-corrected chi connectivity index (χ4v) is 2.54. The molecule has 124 valence electrons. The Kier molecular flexibility index (Phi) is 9.38. The van der Waals surface area contributed by atoms with Crippen LogP contribution in [0.3, 0.4) is 0 Å². The predicted octanol–water partition coefficient (Wildman–Crippen LogP) is 6.55. The standard InChI is InChI=1S/C20H32OS/c1-16(2)7-5-8-17(3)9-6-10-18(4)13-14-21-20(22)15-19-11-12-19/h7,9,13,19H,5-6,8,10-12,14-15H2,1-4H3/b17-9+,18-13+. The quantitative estimate of drug-likeness (QED) is 0.333. The van der Waals surface area contributed by atoms with Crippen LogP contribution in [0.15, 0.2) is 34.9 Å². The van der Waals surface area contributed by atoms with Crippen molar-refractivity contribution >= 4 is 17.3 Å². The lowest BCUT2D eigenvalue weighted by Gasteiger charge is -2.05. The molecule has 0 bridgehead atoms. The number of rotatable bonds is 10. The molecule has 0 N–H and O–H groups in total. The second-order valence-corrected chi connectivity index (χ2v) is 7.25. The summed E-state index contributed by atoms with van der Waals surface area (Å²) in [5.74, 6) is 0.817. The van der Waals surface area contributed by atoms with Gasteiger partial charge in [-0.25, -0.2) is 0 Å². The minimum atomic E-state index is 0.640. The van der Waals surface area contributed by atoms with E-state index in [1.807, 2.05) is 0 Å². The summed E-state index contributed by atoms with van der Waals surface area (Å²) in [6.45, 7) is 9.37. The molecule has 2 heteroatoms. The highest BCUT2D eigenvalue weighted by Crippen LogP contribution is 2.32. The topological polar surface area (TPSA) is 9.23 Å². The van der Waals surface area contributed by atoms with Gasteiger partial charge in [-0.15, -0.1) is 0 Å². The van der Waals surface area contributed by atoms with Crippen LogP contribution in [0.25, 0.3) is 0 Å². The molecule has 1 fully saturated rings. The van der Waals surface area contributed by atoms with E-state index in [4.69, 9.17) is 17.0 Å². The number of ether oxygens (including phenoxy) is 1. The molecule has 1 aliphatic rings. The van der Waals surface area contributed by atoms with E-state index >= 15 is 0 Å². The van der Waals surface area contributed by atoms with Crippen molar-refractivity contribution in [1.29, 1.82) is 0 Å². The van der Waals surface area contributed by atoms with Crippen LogP contribution in [0, 0.1) is 5.92 Å². The summed E-state index contributed by atoms with van der Waals surface area (Å²) in [5, 5.41) is 0.793. The average molecular weight is 321 g/mol. The first-order valence-electron chi connectivity index (χ1n) is 8.57. The Morgan fingerprint density at radius 3 is 2.14 bits per heavy atom. The second kappa shape index (κ2) is 10.8. The lowest BCUT2D eigenvalue weighted by atomic mass is 10.1. The van der Waals surface area contributed by atoms with Crippen molar-refractivity contribution in [1.82, 2.24) is 0 Å². The first kappa shape index (κ1) is 19.2. The molecule has 1 rings (SSSR count). The van der Waals surface area contributed by atoms with Crippen molar-refractivity contribution < 1.29 is 4.74 Å². The zero-order valence-corrected chi connectivity index (χ0v) is 15.6. The van der Waals surface area contributed by atoms with Gasteiger partial charge in [0.1, 0.15) is 6.61 Å². The van der Waals surface area contributed by atoms with Crippen LogP contribution < -0.4 is 0 Å². The van der Waals surface area contributed by atoms with E-state index in [-0.39, 0.29) is 0 Å². The van der Waals surface area contributed by atoms with Crippen molar-refractivity contribution in [3.63, 3.8) is 0 Å². The summed E-state index contributed by atoms with van der Waals surface area (Å²) in [5.41, 5.74) is 4.29. The van der Waals surface area contributed by atoms with Crippen molar-refractivity contribution in [3.8, 4) is 0 Å². The summed E-state index contributed by atoms with van der Waals surface area (Å²) >= 11 is 5.24. The summed E-state index contributed by atoms with van der Waals surface area (Å²) in [6, 6.07) is 0. The first-order chi connectivity index (χ1) is 10.5. The molecule has 1 saturated carbocycles. The second-order valence-electron chi connectivity index (χ2n) is 6.79. The SMILES string of the molecule is CC(C)=CCC/C(C)=C/CC/C(C)=C/COC(=S)CC1CC1. The molecular weight excluding hydrogens is 288 g/mol. The van der Waals surface area contributed by atoms with Gasteiger partial charge in [0.15, 0.2) is 5.05 Å². The van der Waals surface area contributed by atoms with Crippen LogP contribution >= 0.6 is 12.2 Å². The molecule has 0 radical (unpaired) electrons. The smallest absolute Gasteiger partial charge is 0.160 e. The Morgan fingerprint density at radius 2 is 1.55 bits per heavy atom. The zero-order chi connectivity index (χ0) is 16.4. The van der Waals surface area contributed by atoms with Gasteiger partial charge in [0.05, 0.1) is 0 Å². The Hall–Kier alpha value is -0.890. The zero-order valence-electron chi connectivity index (χ0n) is 14.8. The molecule has 0 atom stereocenters. The summed E-state index contributed by atoms with van der Waals surface area (Å²) in [7, 11) is 0. The van der Waals surface area contributed by atoms with E-state index in [2.05, 4.69) is 45.9 Å². The molecular formula is C20H32OS. The van der Waals surface area contributed by atoms with Gasteiger partial charge < -0.3 is 4.74 Å². The molecule has 0 aromatic heterocycles. The van der Waals surface area contributed by atoms with Crippen LogP contribution in [0.1, 0.15) is 72.6 Å². The monoisotopic (exact) mass is 320 g/mol. The highest BCUT2D eigenvalue weighted by Gasteiger charge is 2.23. The predicted molar refractivity (Wildman–Crippen MR) is 101 cm³/mol. The Labute approximate surface area is 142 Å². The van der Waals surface area contributed by atoms with Gasteiger partial charge in [-0.1, -0.05) is 28.9 Å². The number of thiocarbonyl (C=S) groups is 1.